The second-order valence-electron chi connectivity index (χ2n) is 6.31. The minimum atomic E-state index is -3.39. The minimum absolute atomic E-state index is 0.211. The van der Waals surface area contributed by atoms with E-state index in [4.69, 9.17) is 4.74 Å². The van der Waals surface area contributed by atoms with Gasteiger partial charge >= 0.3 is 0 Å². The molecule has 0 aliphatic carbocycles. The van der Waals surface area contributed by atoms with Crippen LogP contribution in [0.4, 0.5) is 0 Å². The van der Waals surface area contributed by atoms with Crippen molar-refractivity contribution in [2.24, 2.45) is 0 Å². The second-order valence-corrected chi connectivity index (χ2v) is 8.24. The van der Waals surface area contributed by atoms with E-state index in [1.807, 2.05) is 0 Å². The van der Waals surface area contributed by atoms with E-state index in [0.29, 0.717) is 45.8 Å². The third-order valence-corrected chi connectivity index (χ3v) is 6.62. The van der Waals surface area contributed by atoms with E-state index >= 15 is 0 Å². The van der Waals surface area contributed by atoms with Gasteiger partial charge in [0, 0.05) is 45.8 Å². The largest absolute Gasteiger partial charge is 0.387 e. The Kier molecular flexibility index (Phi) is 4.54. The summed E-state index contributed by atoms with van der Waals surface area (Å²) in [6.45, 7) is 5.37. The van der Waals surface area contributed by atoms with Crippen LogP contribution in [0.15, 0.2) is 0 Å². The van der Waals surface area contributed by atoms with Crippen molar-refractivity contribution >= 4 is 10.2 Å². The third-order valence-electron chi connectivity index (χ3n) is 4.64. The summed E-state index contributed by atoms with van der Waals surface area (Å²) in [4.78, 5) is 2.16. The Labute approximate surface area is 126 Å². The molecule has 0 bridgehead atoms. The van der Waals surface area contributed by atoms with Gasteiger partial charge in [0.2, 0.25) is 0 Å². The lowest BCUT2D eigenvalue weighted by Gasteiger charge is -2.33. The van der Waals surface area contributed by atoms with Gasteiger partial charge in [-0.2, -0.15) is 17.0 Å². The molecule has 1 unspecified atom stereocenters. The summed E-state index contributed by atoms with van der Waals surface area (Å²) in [6, 6.07) is 0. The molecule has 7 nitrogen and oxygen atoms in total. The zero-order valence-corrected chi connectivity index (χ0v) is 13.2. The highest BCUT2D eigenvalue weighted by Gasteiger charge is 2.44. The average Bonchev–Trinajstić information content (AvgIpc) is 3.10. The second kappa shape index (κ2) is 6.10. The Hall–Kier alpha value is -0.250. The van der Waals surface area contributed by atoms with Crippen molar-refractivity contribution in [2.45, 2.75) is 24.9 Å². The predicted molar refractivity (Wildman–Crippen MR) is 78.1 cm³/mol. The molecule has 122 valence electrons. The maximum Gasteiger partial charge on any atom is 0.282 e. The Bertz CT molecular complexity index is 460. The highest BCUT2D eigenvalue weighted by atomic mass is 32.2. The topological polar surface area (TPSA) is 73.3 Å². The first-order valence-electron chi connectivity index (χ1n) is 7.77. The third kappa shape index (κ3) is 3.40. The Morgan fingerprint density at radius 1 is 1.00 bits per heavy atom. The smallest absolute Gasteiger partial charge is 0.282 e. The standard InChI is InChI=1S/C13H25N3O4S/c17-13(11-14-7-9-20-10-8-14)3-6-16(12-13)21(18,19)15-4-1-2-5-15/h17H,1-12H2. The molecular weight excluding hydrogens is 294 g/mol. The molecule has 0 amide bonds. The van der Waals surface area contributed by atoms with Gasteiger partial charge in [0.05, 0.1) is 18.8 Å². The first-order valence-corrected chi connectivity index (χ1v) is 9.17. The van der Waals surface area contributed by atoms with Crippen LogP contribution in [0.1, 0.15) is 19.3 Å². The van der Waals surface area contributed by atoms with Crippen LogP contribution in [0.5, 0.6) is 0 Å². The Morgan fingerprint density at radius 2 is 1.67 bits per heavy atom. The number of hydrogen-bond donors (Lipinski definition) is 1. The van der Waals surface area contributed by atoms with Crippen molar-refractivity contribution in [3.8, 4) is 0 Å². The lowest BCUT2D eigenvalue weighted by atomic mass is 10.0. The normalized spacial score (nSPS) is 33.8. The zero-order valence-electron chi connectivity index (χ0n) is 12.4. The maximum atomic E-state index is 12.5. The summed E-state index contributed by atoms with van der Waals surface area (Å²) in [7, 11) is -3.39. The monoisotopic (exact) mass is 319 g/mol. The van der Waals surface area contributed by atoms with Gasteiger partial charge in [0.15, 0.2) is 0 Å². The molecule has 1 atom stereocenters. The first kappa shape index (κ1) is 15.6. The van der Waals surface area contributed by atoms with Crippen LogP contribution < -0.4 is 0 Å². The summed E-state index contributed by atoms with van der Waals surface area (Å²) in [5.74, 6) is 0. The van der Waals surface area contributed by atoms with E-state index in [2.05, 4.69) is 4.90 Å². The fourth-order valence-corrected chi connectivity index (χ4v) is 5.17. The number of rotatable bonds is 4. The van der Waals surface area contributed by atoms with Crippen molar-refractivity contribution in [2.75, 3.05) is 59.0 Å². The molecule has 3 aliphatic rings. The highest BCUT2D eigenvalue weighted by molar-refractivity contribution is 7.86. The molecule has 0 saturated carbocycles. The first-order chi connectivity index (χ1) is 10.00. The molecule has 21 heavy (non-hydrogen) atoms. The summed E-state index contributed by atoms with van der Waals surface area (Å²) in [5.41, 5.74) is -0.926. The van der Waals surface area contributed by atoms with Crippen LogP contribution in [-0.4, -0.2) is 91.7 Å². The lowest BCUT2D eigenvalue weighted by Crippen LogP contribution is -2.50. The summed E-state index contributed by atoms with van der Waals surface area (Å²) in [6.07, 6.45) is 2.38. The quantitative estimate of drug-likeness (QED) is 0.727. The number of morpholine rings is 1. The van der Waals surface area contributed by atoms with E-state index in [1.54, 1.807) is 4.31 Å². The predicted octanol–water partition coefficient (Wildman–Crippen LogP) is -0.904. The lowest BCUT2D eigenvalue weighted by molar-refractivity contribution is -0.0240. The van der Waals surface area contributed by atoms with E-state index in [9.17, 15) is 13.5 Å². The van der Waals surface area contributed by atoms with Crippen LogP contribution in [-0.2, 0) is 14.9 Å². The minimum Gasteiger partial charge on any atom is -0.387 e. The van der Waals surface area contributed by atoms with Crippen molar-refractivity contribution in [1.29, 1.82) is 0 Å². The van der Waals surface area contributed by atoms with E-state index in [0.717, 1.165) is 25.9 Å². The van der Waals surface area contributed by atoms with E-state index in [1.165, 1.54) is 4.31 Å². The fraction of sp³-hybridized carbons (Fsp3) is 1.00. The molecule has 0 spiro atoms. The van der Waals surface area contributed by atoms with Gasteiger partial charge in [-0.3, -0.25) is 4.90 Å². The molecule has 3 rings (SSSR count). The van der Waals surface area contributed by atoms with Crippen LogP contribution >= 0.6 is 0 Å². The van der Waals surface area contributed by atoms with Gasteiger partial charge in [0.25, 0.3) is 10.2 Å². The molecule has 0 aromatic rings. The number of β-amino-alcohol motifs (C(OH)–C–C–N with tert-alkyl or cyclic N) is 1. The van der Waals surface area contributed by atoms with Crippen LogP contribution in [0.2, 0.25) is 0 Å². The maximum absolute atomic E-state index is 12.5. The summed E-state index contributed by atoms with van der Waals surface area (Å²) < 4.78 is 33.4. The van der Waals surface area contributed by atoms with Gasteiger partial charge in [-0.25, -0.2) is 0 Å². The average molecular weight is 319 g/mol. The molecule has 0 aromatic carbocycles. The van der Waals surface area contributed by atoms with Gasteiger partial charge in [-0.05, 0) is 19.3 Å². The SMILES string of the molecule is O=S(=O)(N1CCCC1)N1CCC(O)(CN2CCOCC2)C1. The summed E-state index contributed by atoms with van der Waals surface area (Å²) >= 11 is 0. The molecule has 3 aliphatic heterocycles. The van der Waals surface area contributed by atoms with Gasteiger partial charge < -0.3 is 9.84 Å². The van der Waals surface area contributed by atoms with Crippen molar-refractivity contribution in [3.63, 3.8) is 0 Å². The van der Waals surface area contributed by atoms with Crippen LogP contribution in [0.3, 0.4) is 0 Å². The van der Waals surface area contributed by atoms with Gasteiger partial charge in [-0.1, -0.05) is 0 Å². The molecule has 1 N–H and O–H groups in total. The molecule has 3 heterocycles. The fourth-order valence-electron chi connectivity index (χ4n) is 3.40. The van der Waals surface area contributed by atoms with Gasteiger partial charge in [-0.15, -0.1) is 0 Å². The molecule has 3 saturated heterocycles. The Morgan fingerprint density at radius 3 is 2.33 bits per heavy atom. The van der Waals surface area contributed by atoms with E-state index in [-0.39, 0.29) is 6.54 Å². The number of nitrogens with zero attached hydrogens (tertiary/aromatic N) is 3. The molecule has 0 aromatic heterocycles. The van der Waals surface area contributed by atoms with Crippen LogP contribution in [0.25, 0.3) is 0 Å². The zero-order chi connectivity index (χ0) is 14.9. The van der Waals surface area contributed by atoms with E-state index < -0.39 is 15.8 Å². The molecule has 0 radical (unpaired) electrons. The van der Waals surface area contributed by atoms with Crippen molar-refractivity contribution in [3.05, 3.63) is 0 Å². The molecule has 3 fully saturated rings. The molecular formula is C13H25N3O4S. The highest BCUT2D eigenvalue weighted by Crippen LogP contribution is 2.27. The van der Waals surface area contributed by atoms with Crippen molar-refractivity contribution in [1.82, 2.24) is 13.5 Å². The van der Waals surface area contributed by atoms with Crippen molar-refractivity contribution < 1.29 is 18.3 Å². The number of ether oxygens (including phenoxy) is 1. The molecule has 8 heteroatoms. The summed E-state index contributed by atoms with van der Waals surface area (Å²) in [5, 5.41) is 10.7. The van der Waals surface area contributed by atoms with Crippen LogP contribution in [0, 0.1) is 0 Å². The van der Waals surface area contributed by atoms with Gasteiger partial charge in [0.1, 0.15) is 0 Å². The number of aliphatic hydroxyl groups is 1. The number of hydrogen-bond acceptors (Lipinski definition) is 5. The Balaban J connectivity index is 1.61.